The zero-order valence-electron chi connectivity index (χ0n) is 17.4. The molecule has 1 aliphatic rings. The van der Waals surface area contributed by atoms with Crippen molar-refractivity contribution in [2.75, 3.05) is 19.8 Å². The Balaban J connectivity index is 1.78. The van der Waals surface area contributed by atoms with E-state index in [1.54, 1.807) is 24.3 Å². The van der Waals surface area contributed by atoms with Crippen LogP contribution in [0.25, 0.3) is 0 Å². The highest BCUT2D eigenvalue weighted by Gasteiger charge is 2.33. The summed E-state index contributed by atoms with van der Waals surface area (Å²) < 4.78 is 39.0. The molecule has 2 aromatic rings. The van der Waals surface area contributed by atoms with Gasteiger partial charge in [0.05, 0.1) is 36.2 Å². The van der Waals surface area contributed by atoms with Gasteiger partial charge >= 0.3 is 0 Å². The molecule has 1 aromatic carbocycles. The van der Waals surface area contributed by atoms with Gasteiger partial charge in [-0.3, -0.25) is 9.80 Å². The molecular formula is C20H23ClFN5O4S. The number of aromatic nitrogens is 2. The Morgan fingerprint density at radius 3 is 2.75 bits per heavy atom. The highest BCUT2D eigenvalue weighted by atomic mass is 35.5. The van der Waals surface area contributed by atoms with Crippen molar-refractivity contribution < 1.29 is 22.7 Å². The second-order valence-corrected chi connectivity index (χ2v) is 9.54. The average molecular weight is 484 g/mol. The van der Waals surface area contributed by atoms with Crippen LogP contribution in [-0.2, 0) is 27.9 Å². The van der Waals surface area contributed by atoms with E-state index in [4.69, 9.17) is 11.6 Å². The summed E-state index contributed by atoms with van der Waals surface area (Å²) in [5.74, 6) is -1.16. The van der Waals surface area contributed by atoms with Gasteiger partial charge in [-0.15, -0.1) is 0 Å². The van der Waals surface area contributed by atoms with Gasteiger partial charge in [0.2, 0.25) is 5.91 Å². The standard InChI is InChI=1S/C20H23ClFN5O4S/c1-14(9-26(23-2)8-7-22)32(30,31)27-11-15-10-25(12-19(15)24-27)20(29)17(13-28)16-5-3-4-6-18(16)21/h3-6,9,11,17,28H,2,7-8,10,12-13H2,1H3/b14-9+/t17-/m1/s1. The number of hydrogen-bond acceptors (Lipinski definition) is 7. The molecule has 0 aliphatic carbocycles. The first-order chi connectivity index (χ1) is 15.2. The van der Waals surface area contributed by atoms with E-state index in [2.05, 4.69) is 16.9 Å². The van der Waals surface area contributed by atoms with E-state index in [1.165, 1.54) is 24.2 Å². The number of halogens is 2. The maximum atomic E-state index is 13.0. The molecule has 0 fully saturated rings. The molecule has 172 valence electrons. The number of benzene rings is 1. The van der Waals surface area contributed by atoms with Crippen molar-refractivity contribution in [2.24, 2.45) is 5.10 Å². The van der Waals surface area contributed by atoms with Crippen molar-refractivity contribution in [3.63, 3.8) is 0 Å². The van der Waals surface area contributed by atoms with Crippen molar-refractivity contribution in [2.45, 2.75) is 25.9 Å². The number of carbonyl (C=O) groups is 1. The molecule has 9 nitrogen and oxygen atoms in total. The van der Waals surface area contributed by atoms with Crippen molar-refractivity contribution in [1.82, 2.24) is 19.1 Å². The first kappa shape index (κ1) is 23.9. The molecule has 2 heterocycles. The Labute approximate surface area is 190 Å². The maximum Gasteiger partial charge on any atom is 0.280 e. The van der Waals surface area contributed by atoms with Crippen LogP contribution in [0.5, 0.6) is 0 Å². The predicted octanol–water partition coefficient (Wildman–Crippen LogP) is 2.08. The third kappa shape index (κ3) is 4.69. The van der Waals surface area contributed by atoms with E-state index in [0.29, 0.717) is 21.8 Å². The largest absolute Gasteiger partial charge is 0.395 e. The van der Waals surface area contributed by atoms with Crippen LogP contribution in [0.4, 0.5) is 4.39 Å². The average Bonchev–Trinajstić information content (AvgIpc) is 3.35. The van der Waals surface area contributed by atoms with Gasteiger partial charge in [0.1, 0.15) is 6.67 Å². The molecule has 0 bridgehead atoms. The summed E-state index contributed by atoms with van der Waals surface area (Å²) in [6, 6.07) is 6.80. The number of hydrogen-bond donors (Lipinski definition) is 1. The molecule has 1 atom stereocenters. The molecule has 0 radical (unpaired) electrons. The first-order valence-corrected chi connectivity index (χ1v) is 11.5. The lowest BCUT2D eigenvalue weighted by molar-refractivity contribution is -0.134. The molecule has 1 amide bonds. The van der Waals surface area contributed by atoms with Crippen LogP contribution in [-0.4, -0.2) is 65.1 Å². The lowest BCUT2D eigenvalue weighted by Gasteiger charge is -2.23. The molecular weight excluding hydrogens is 461 g/mol. The van der Waals surface area contributed by atoms with E-state index in [1.807, 2.05) is 0 Å². The van der Waals surface area contributed by atoms with Gasteiger partial charge < -0.3 is 10.0 Å². The zero-order chi connectivity index (χ0) is 23.5. The van der Waals surface area contributed by atoms with E-state index in [0.717, 1.165) is 9.10 Å². The maximum absolute atomic E-state index is 13.0. The summed E-state index contributed by atoms with van der Waals surface area (Å²) in [5, 5.41) is 19.0. The minimum atomic E-state index is -3.99. The predicted molar refractivity (Wildman–Crippen MR) is 118 cm³/mol. The molecule has 0 unspecified atom stereocenters. The van der Waals surface area contributed by atoms with Crippen molar-refractivity contribution in [3.8, 4) is 0 Å². The number of hydrazone groups is 1. The number of alkyl halides is 1. The summed E-state index contributed by atoms with van der Waals surface area (Å²) in [4.78, 5) is 14.4. The molecule has 0 saturated heterocycles. The highest BCUT2D eigenvalue weighted by Crippen LogP contribution is 2.30. The fourth-order valence-corrected chi connectivity index (χ4v) is 4.67. The number of aliphatic hydroxyl groups excluding tert-OH is 1. The number of carbonyl (C=O) groups excluding carboxylic acids is 1. The van der Waals surface area contributed by atoms with Crippen molar-refractivity contribution >= 4 is 34.2 Å². The molecule has 0 spiro atoms. The Bertz CT molecular complexity index is 1130. The van der Waals surface area contributed by atoms with Gasteiger partial charge in [-0.2, -0.15) is 22.7 Å². The van der Waals surface area contributed by atoms with E-state index in [9.17, 15) is 22.7 Å². The lowest BCUT2D eigenvalue weighted by Crippen LogP contribution is -2.33. The van der Waals surface area contributed by atoms with E-state index in [-0.39, 0.29) is 30.4 Å². The summed E-state index contributed by atoms with van der Waals surface area (Å²) in [6.07, 6.45) is 2.53. The Kier molecular flexibility index (Phi) is 7.32. The summed E-state index contributed by atoms with van der Waals surface area (Å²) in [5.41, 5.74) is 1.54. The summed E-state index contributed by atoms with van der Waals surface area (Å²) >= 11 is 6.18. The molecule has 32 heavy (non-hydrogen) atoms. The van der Waals surface area contributed by atoms with Gasteiger partial charge in [-0.05, 0) is 18.6 Å². The molecule has 0 saturated carbocycles. The van der Waals surface area contributed by atoms with Crippen LogP contribution < -0.4 is 0 Å². The Hall–Kier alpha value is -2.76. The van der Waals surface area contributed by atoms with Crippen LogP contribution >= 0.6 is 11.6 Å². The normalized spacial score (nSPS) is 14.9. The molecule has 12 heteroatoms. The second kappa shape index (κ2) is 9.80. The quantitative estimate of drug-likeness (QED) is 0.432. The third-order valence-electron chi connectivity index (χ3n) is 5.11. The van der Waals surface area contributed by atoms with Gasteiger partial charge in [-0.1, -0.05) is 29.8 Å². The summed E-state index contributed by atoms with van der Waals surface area (Å²) in [7, 11) is -3.99. The van der Waals surface area contributed by atoms with E-state index < -0.39 is 29.2 Å². The topological polar surface area (TPSA) is 108 Å². The number of rotatable bonds is 9. The van der Waals surface area contributed by atoms with Crippen LogP contribution in [0.15, 0.2) is 46.7 Å². The lowest BCUT2D eigenvalue weighted by atomic mass is 9.98. The molecule has 1 aliphatic heterocycles. The third-order valence-corrected chi connectivity index (χ3v) is 7.05. The van der Waals surface area contributed by atoms with Crippen LogP contribution in [0.2, 0.25) is 5.02 Å². The van der Waals surface area contributed by atoms with E-state index >= 15 is 0 Å². The molecule has 1 N–H and O–H groups in total. The van der Waals surface area contributed by atoms with Crippen molar-refractivity contribution in [3.05, 3.63) is 63.4 Å². The Morgan fingerprint density at radius 1 is 1.44 bits per heavy atom. The smallest absolute Gasteiger partial charge is 0.280 e. The number of allylic oxidation sites excluding steroid dienone is 1. The zero-order valence-corrected chi connectivity index (χ0v) is 18.9. The van der Waals surface area contributed by atoms with Crippen LogP contribution in [0.3, 0.4) is 0 Å². The molecule has 1 aromatic heterocycles. The van der Waals surface area contributed by atoms with Crippen LogP contribution in [0.1, 0.15) is 29.7 Å². The van der Waals surface area contributed by atoms with Crippen molar-refractivity contribution in [1.29, 1.82) is 0 Å². The number of nitrogens with zero attached hydrogens (tertiary/aromatic N) is 5. The monoisotopic (exact) mass is 483 g/mol. The second-order valence-electron chi connectivity index (χ2n) is 7.16. The minimum Gasteiger partial charge on any atom is -0.395 e. The van der Waals surface area contributed by atoms with Gasteiger partial charge in [-0.25, -0.2) is 4.39 Å². The fourth-order valence-electron chi connectivity index (χ4n) is 3.38. The first-order valence-electron chi connectivity index (χ1n) is 9.67. The fraction of sp³-hybridized carbons (Fsp3) is 0.350. The molecule has 3 rings (SSSR count). The summed E-state index contributed by atoms with van der Waals surface area (Å²) in [6.45, 7) is 3.63. The highest BCUT2D eigenvalue weighted by molar-refractivity contribution is 7.93. The van der Waals surface area contributed by atoms with Gasteiger partial charge in [0, 0.05) is 36.2 Å². The van der Waals surface area contributed by atoms with Crippen LogP contribution in [0, 0.1) is 0 Å². The number of amides is 1. The Morgan fingerprint density at radius 2 is 2.16 bits per heavy atom. The van der Waals surface area contributed by atoms with Gasteiger partial charge in [0.15, 0.2) is 0 Å². The SMILES string of the molecule is C=NN(/C=C(\C)S(=O)(=O)n1cc2c(n1)CN(C(=O)[C@H](CO)c1ccccc1Cl)C2)CCF. The van der Waals surface area contributed by atoms with Gasteiger partial charge in [0.25, 0.3) is 10.0 Å². The number of aliphatic hydroxyl groups is 1. The minimum absolute atomic E-state index is 0.0912. The number of fused-ring (bicyclic) bond motifs is 1.